The maximum absolute atomic E-state index is 2.50. The Kier molecular flexibility index (Phi) is 6.08. The van der Waals surface area contributed by atoms with Crippen LogP contribution in [0.2, 0.25) is 0 Å². The molecule has 0 unspecified atom stereocenters. The molecule has 0 spiro atoms. The second-order valence-corrected chi connectivity index (χ2v) is 6.42. The van der Waals surface area contributed by atoms with Gasteiger partial charge in [-0.1, -0.05) is 74.5 Å². The Morgan fingerprint density at radius 1 is 0.680 bits per heavy atom. The Labute approximate surface area is 151 Å². The van der Waals surface area contributed by atoms with E-state index in [2.05, 4.69) is 96.4 Å². The van der Waals surface area contributed by atoms with Crippen LogP contribution in [0.15, 0.2) is 72.8 Å². The molecule has 0 atom stereocenters. The molecule has 0 aromatic heterocycles. The van der Waals surface area contributed by atoms with Crippen LogP contribution < -0.4 is 4.90 Å². The van der Waals surface area contributed by atoms with Crippen molar-refractivity contribution in [1.82, 2.24) is 4.90 Å². The number of benzene rings is 3. The molecule has 0 aliphatic heterocycles. The van der Waals surface area contributed by atoms with Crippen LogP contribution in [0.1, 0.15) is 19.4 Å². The molecule has 2 heteroatoms. The minimum absolute atomic E-state index is 0.937. The van der Waals surface area contributed by atoms with Crippen LogP contribution in [-0.4, -0.2) is 31.1 Å². The lowest BCUT2D eigenvalue weighted by molar-refractivity contribution is 0.309. The zero-order chi connectivity index (χ0) is 17.5. The van der Waals surface area contributed by atoms with Crippen LogP contribution in [0.3, 0.4) is 0 Å². The SMILES string of the molecule is CCN(CC)CCN(Cc1cccc2ccccc12)c1ccccc1. The molecule has 3 aromatic carbocycles. The summed E-state index contributed by atoms with van der Waals surface area (Å²) in [6, 6.07) is 26.1. The molecule has 0 fully saturated rings. The average Bonchev–Trinajstić information content (AvgIpc) is 2.68. The number of hydrogen-bond donors (Lipinski definition) is 0. The third-order valence-electron chi connectivity index (χ3n) is 4.94. The number of likely N-dealkylation sites (N-methyl/N-ethyl adjacent to an activating group) is 1. The highest BCUT2D eigenvalue weighted by atomic mass is 15.2. The Bertz CT molecular complexity index is 773. The lowest BCUT2D eigenvalue weighted by Crippen LogP contribution is -2.34. The van der Waals surface area contributed by atoms with E-state index >= 15 is 0 Å². The fraction of sp³-hybridized carbons (Fsp3) is 0.304. The third-order valence-corrected chi connectivity index (χ3v) is 4.94. The molecular weight excluding hydrogens is 304 g/mol. The fourth-order valence-corrected chi connectivity index (χ4v) is 3.38. The normalized spacial score (nSPS) is 11.2. The molecule has 130 valence electrons. The number of fused-ring (bicyclic) bond motifs is 1. The topological polar surface area (TPSA) is 6.48 Å². The molecule has 25 heavy (non-hydrogen) atoms. The summed E-state index contributed by atoms with van der Waals surface area (Å²) < 4.78 is 0. The first-order valence-electron chi connectivity index (χ1n) is 9.30. The van der Waals surface area contributed by atoms with Crippen molar-refractivity contribution < 1.29 is 0 Å². The van der Waals surface area contributed by atoms with Gasteiger partial charge in [-0.2, -0.15) is 0 Å². The van der Waals surface area contributed by atoms with E-state index in [0.29, 0.717) is 0 Å². The van der Waals surface area contributed by atoms with Crippen LogP contribution in [-0.2, 0) is 6.54 Å². The van der Waals surface area contributed by atoms with Crippen molar-refractivity contribution in [3.8, 4) is 0 Å². The van der Waals surface area contributed by atoms with E-state index in [1.54, 1.807) is 0 Å². The second kappa shape index (κ2) is 8.68. The van der Waals surface area contributed by atoms with Gasteiger partial charge in [-0.05, 0) is 41.6 Å². The highest BCUT2D eigenvalue weighted by molar-refractivity contribution is 5.85. The largest absolute Gasteiger partial charge is 0.366 e. The van der Waals surface area contributed by atoms with Gasteiger partial charge in [0.15, 0.2) is 0 Å². The summed E-state index contributed by atoms with van der Waals surface area (Å²) in [6.45, 7) is 9.75. The molecule has 0 N–H and O–H groups in total. The zero-order valence-electron chi connectivity index (χ0n) is 15.4. The minimum atomic E-state index is 0.937. The van der Waals surface area contributed by atoms with E-state index in [0.717, 1.165) is 32.7 Å². The molecule has 0 aliphatic rings. The van der Waals surface area contributed by atoms with Gasteiger partial charge in [-0.15, -0.1) is 0 Å². The maximum atomic E-state index is 2.50. The molecule has 0 amide bonds. The first-order valence-corrected chi connectivity index (χ1v) is 9.30. The Hall–Kier alpha value is -2.32. The number of para-hydroxylation sites is 1. The number of rotatable bonds is 8. The molecule has 2 nitrogen and oxygen atoms in total. The molecule has 0 saturated carbocycles. The molecule has 0 aliphatic carbocycles. The monoisotopic (exact) mass is 332 g/mol. The van der Waals surface area contributed by atoms with E-state index in [1.165, 1.54) is 22.0 Å². The van der Waals surface area contributed by atoms with Gasteiger partial charge in [0.05, 0.1) is 0 Å². The fourth-order valence-electron chi connectivity index (χ4n) is 3.38. The zero-order valence-corrected chi connectivity index (χ0v) is 15.4. The van der Waals surface area contributed by atoms with Gasteiger partial charge >= 0.3 is 0 Å². The summed E-state index contributed by atoms with van der Waals surface area (Å²) in [5, 5.41) is 2.67. The van der Waals surface area contributed by atoms with Crippen LogP contribution in [0.4, 0.5) is 5.69 Å². The van der Waals surface area contributed by atoms with E-state index in [4.69, 9.17) is 0 Å². The van der Waals surface area contributed by atoms with Crippen LogP contribution in [0.25, 0.3) is 10.8 Å². The summed E-state index contributed by atoms with van der Waals surface area (Å²) in [4.78, 5) is 4.99. The third kappa shape index (κ3) is 4.40. The van der Waals surface area contributed by atoms with Crippen molar-refractivity contribution >= 4 is 16.5 Å². The van der Waals surface area contributed by atoms with E-state index in [-0.39, 0.29) is 0 Å². The molecule has 3 aromatic rings. The lowest BCUT2D eigenvalue weighted by atomic mass is 10.0. The van der Waals surface area contributed by atoms with Crippen LogP contribution in [0, 0.1) is 0 Å². The Morgan fingerprint density at radius 2 is 1.36 bits per heavy atom. The first-order chi connectivity index (χ1) is 12.3. The predicted octanol–water partition coefficient (Wildman–Crippen LogP) is 5.19. The number of anilines is 1. The highest BCUT2D eigenvalue weighted by Gasteiger charge is 2.11. The van der Waals surface area contributed by atoms with E-state index < -0.39 is 0 Å². The minimum Gasteiger partial charge on any atom is -0.366 e. The van der Waals surface area contributed by atoms with Gasteiger partial charge in [0, 0.05) is 25.3 Å². The lowest BCUT2D eigenvalue weighted by Gasteiger charge is -2.29. The van der Waals surface area contributed by atoms with Crippen molar-refractivity contribution in [2.75, 3.05) is 31.1 Å². The first kappa shape index (κ1) is 17.5. The van der Waals surface area contributed by atoms with Gasteiger partial charge in [-0.25, -0.2) is 0 Å². The van der Waals surface area contributed by atoms with Crippen LogP contribution >= 0.6 is 0 Å². The van der Waals surface area contributed by atoms with Crippen molar-refractivity contribution in [2.45, 2.75) is 20.4 Å². The molecular formula is C23H28N2. The van der Waals surface area contributed by atoms with Gasteiger partial charge in [-0.3, -0.25) is 0 Å². The average molecular weight is 332 g/mol. The Morgan fingerprint density at radius 3 is 2.12 bits per heavy atom. The number of nitrogens with zero attached hydrogens (tertiary/aromatic N) is 2. The second-order valence-electron chi connectivity index (χ2n) is 6.42. The van der Waals surface area contributed by atoms with Gasteiger partial charge in [0.25, 0.3) is 0 Å². The van der Waals surface area contributed by atoms with Crippen molar-refractivity contribution in [1.29, 1.82) is 0 Å². The number of hydrogen-bond acceptors (Lipinski definition) is 2. The molecule has 3 rings (SSSR count). The van der Waals surface area contributed by atoms with E-state index in [9.17, 15) is 0 Å². The summed E-state index contributed by atoms with van der Waals surface area (Å²) in [7, 11) is 0. The maximum Gasteiger partial charge on any atom is 0.0436 e. The standard InChI is InChI=1S/C23H28N2/c1-3-24(4-2)17-18-25(22-14-6-5-7-15-22)19-21-13-10-12-20-11-8-9-16-23(20)21/h5-16H,3-4,17-19H2,1-2H3. The summed E-state index contributed by atoms with van der Waals surface area (Å²) in [5.74, 6) is 0. The Balaban J connectivity index is 1.86. The summed E-state index contributed by atoms with van der Waals surface area (Å²) in [6.07, 6.45) is 0. The molecule has 0 bridgehead atoms. The van der Waals surface area contributed by atoms with Crippen molar-refractivity contribution in [3.63, 3.8) is 0 Å². The van der Waals surface area contributed by atoms with Crippen molar-refractivity contribution in [2.24, 2.45) is 0 Å². The molecule has 0 radical (unpaired) electrons. The quantitative estimate of drug-likeness (QED) is 0.560. The molecule has 0 heterocycles. The van der Waals surface area contributed by atoms with Crippen molar-refractivity contribution in [3.05, 3.63) is 78.4 Å². The highest BCUT2D eigenvalue weighted by Crippen LogP contribution is 2.23. The van der Waals surface area contributed by atoms with Gasteiger partial charge in [0.2, 0.25) is 0 Å². The van der Waals surface area contributed by atoms with Gasteiger partial charge in [0.1, 0.15) is 0 Å². The molecule has 0 saturated heterocycles. The summed E-state index contributed by atoms with van der Waals surface area (Å²) >= 11 is 0. The van der Waals surface area contributed by atoms with E-state index in [1.807, 2.05) is 0 Å². The smallest absolute Gasteiger partial charge is 0.0436 e. The van der Waals surface area contributed by atoms with Crippen LogP contribution in [0.5, 0.6) is 0 Å². The predicted molar refractivity (Wildman–Crippen MR) is 109 cm³/mol. The summed E-state index contributed by atoms with van der Waals surface area (Å²) in [5.41, 5.74) is 2.68. The van der Waals surface area contributed by atoms with Gasteiger partial charge < -0.3 is 9.80 Å².